The van der Waals surface area contributed by atoms with Crippen LogP contribution in [0, 0.1) is 0 Å². The Morgan fingerprint density at radius 1 is 0.773 bits per heavy atom. The molecule has 8 heteroatoms. The molecule has 134 valence electrons. The van der Waals surface area contributed by atoms with Crippen LogP contribution >= 0.6 is 7.60 Å². The summed E-state index contributed by atoms with van der Waals surface area (Å²) < 4.78 is 37.4. The highest BCUT2D eigenvalue weighted by atomic mass is 31.2. The second-order valence-corrected chi connectivity index (χ2v) is 6.56. The average molecular weight is 342 g/mol. The van der Waals surface area contributed by atoms with E-state index >= 15 is 0 Å². The lowest BCUT2D eigenvalue weighted by Crippen LogP contribution is -2.11. The Labute approximate surface area is 133 Å². The van der Waals surface area contributed by atoms with E-state index in [-0.39, 0.29) is 26.0 Å². The molecule has 0 aromatic carbocycles. The Kier molecular flexibility index (Phi) is 15.9. The van der Waals surface area contributed by atoms with Crippen molar-refractivity contribution in [1.82, 2.24) is 0 Å². The zero-order valence-electron chi connectivity index (χ0n) is 13.8. The highest BCUT2D eigenvalue weighted by Crippen LogP contribution is 2.40. The molecule has 0 saturated heterocycles. The SMILES string of the molecule is CCCCOCCOCCP(=O)(O)OCCOCCOCC. The molecule has 7 nitrogen and oxygen atoms in total. The number of hydrogen-bond donors (Lipinski definition) is 1. The van der Waals surface area contributed by atoms with Gasteiger partial charge in [-0.05, 0) is 13.3 Å². The van der Waals surface area contributed by atoms with Crippen LogP contribution in [0.25, 0.3) is 0 Å². The van der Waals surface area contributed by atoms with Crippen molar-refractivity contribution in [2.24, 2.45) is 0 Å². The van der Waals surface area contributed by atoms with Crippen LogP contribution in [-0.4, -0.2) is 70.5 Å². The van der Waals surface area contributed by atoms with Crippen molar-refractivity contribution in [2.75, 3.05) is 65.6 Å². The molecule has 0 saturated carbocycles. The number of ether oxygens (including phenoxy) is 4. The van der Waals surface area contributed by atoms with Gasteiger partial charge in [-0.15, -0.1) is 0 Å². The van der Waals surface area contributed by atoms with E-state index in [0.717, 1.165) is 19.4 Å². The predicted octanol–water partition coefficient (Wildman–Crippen LogP) is 2.07. The zero-order valence-corrected chi connectivity index (χ0v) is 14.7. The van der Waals surface area contributed by atoms with Gasteiger partial charge in [0.1, 0.15) is 0 Å². The van der Waals surface area contributed by atoms with Gasteiger partial charge in [-0.1, -0.05) is 13.3 Å². The molecule has 0 fully saturated rings. The normalized spacial score (nSPS) is 14.1. The van der Waals surface area contributed by atoms with Crippen molar-refractivity contribution in [3.05, 3.63) is 0 Å². The van der Waals surface area contributed by atoms with Crippen molar-refractivity contribution < 1.29 is 32.9 Å². The van der Waals surface area contributed by atoms with Crippen LogP contribution in [0.2, 0.25) is 0 Å². The molecule has 0 bridgehead atoms. The molecule has 0 rings (SSSR count). The van der Waals surface area contributed by atoms with Gasteiger partial charge < -0.3 is 28.4 Å². The summed E-state index contributed by atoms with van der Waals surface area (Å²) in [6.45, 7) is 7.80. The van der Waals surface area contributed by atoms with Gasteiger partial charge in [0, 0.05) is 13.2 Å². The van der Waals surface area contributed by atoms with Gasteiger partial charge in [-0.2, -0.15) is 0 Å². The molecule has 0 spiro atoms. The first-order valence-electron chi connectivity index (χ1n) is 7.89. The third-order valence-electron chi connectivity index (χ3n) is 2.63. The Hall–Kier alpha value is -0.0100. The summed E-state index contributed by atoms with van der Waals surface area (Å²) >= 11 is 0. The van der Waals surface area contributed by atoms with E-state index in [4.69, 9.17) is 23.5 Å². The highest BCUT2D eigenvalue weighted by molar-refractivity contribution is 7.52. The molecule has 0 heterocycles. The summed E-state index contributed by atoms with van der Waals surface area (Å²) in [5, 5.41) is 0. The van der Waals surface area contributed by atoms with Crippen molar-refractivity contribution in [3.8, 4) is 0 Å². The van der Waals surface area contributed by atoms with Gasteiger partial charge in [0.05, 0.1) is 52.4 Å². The molecule has 0 aliphatic rings. The first-order chi connectivity index (χ1) is 10.6. The van der Waals surface area contributed by atoms with E-state index in [9.17, 15) is 9.46 Å². The van der Waals surface area contributed by atoms with Crippen LogP contribution in [0.1, 0.15) is 26.7 Å². The van der Waals surface area contributed by atoms with E-state index in [1.165, 1.54) is 0 Å². The largest absolute Gasteiger partial charge is 0.379 e. The smallest absolute Gasteiger partial charge is 0.330 e. The van der Waals surface area contributed by atoms with Gasteiger partial charge in [-0.25, -0.2) is 0 Å². The topological polar surface area (TPSA) is 83.5 Å². The fraction of sp³-hybridized carbons (Fsp3) is 1.00. The summed E-state index contributed by atoms with van der Waals surface area (Å²) in [6, 6.07) is 0. The van der Waals surface area contributed by atoms with Gasteiger partial charge in [0.15, 0.2) is 0 Å². The van der Waals surface area contributed by atoms with Gasteiger partial charge in [-0.3, -0.25) is 4.57 Å². The first kappa shape index (κ1) is 22.0. The lowest BCUT2D eigenvalue weighted by Gasteiger charge is -2.12. The maximum absolute atomic E-state index is 11.7. The standard InChI is InChI=1S/C14H31O7P/c1-3-5-6-18-9-10-20-13-14-22(15,16)21-12-11-19-8-7-17-4-2/h3-14H2,1-2H3,(H,15,16). The molecule has 0 radical (unpaired) electrons. The molecule has 1 atom stereocenters. The van der Waals surface area contributed by atoms with E-state index in [2.05, 4.69) is 6.92 Å². The Balaban J connectivity index is 3.36. The monoisotopic (exact) mass is 342 g/mol. The molecular formula is C14H31O7P. The fourth-order valence-corrected chi connectivity index (χ4v) is 2.26. The maximum atomic E-state index is 11.7. The van der Waals surface area contributed by atoms with E-state index < -0.39 is 7.60 Å². The van der Waals surface area contributed by atoms with Gasteiger partial charge in [0.2, 0.25) is 0 Å². The molecular weight excluding hydrogens is 311 g/mol. The summed E-state index contributed by atoms with van der Waals surface area (Å²) in [5.74, 6) is 0. The van der Waals surface area contributed by atoms with E-state index in [1.54, 1.807) is 0 Å². The summed E-state index contributed by atoms with van der Waals surface area (Å²) in [4.78, 5) is 9.57. The summed E-state index contributed by atoms with van der Waals surface area (Å²) in [6.07, 6.45) is 2.11. The number of rotatable bonds is 17. The maximum Gasteiger partial charge on any atom is 0.330 e. The lowest BCUT2D eigenvalue weighted by atomic mass is 10.4. The second-order valence-electron chi connectivity index (χ2n) is 4.58. The van der Waals surface area contributed by atoms with Gasteiger partial charge >= 0.3 is 7.60 Å². The Morgan fingerprint density at radius 3 is 1.95 bits per heavy atom. The van der Waals surface area contributed by atoms with Crippen LogP contribution in [0.5, 0.6) is 0 Å². The Bertz CT molecular complexity index is 276. The zero-order chi connectivity index (χ0) is 16.5. The first-order valence-corrected chi connectivity index (χ1v) is 9.66. The molecule has 1 N–H and O–H groups in total. The number of hydrogen-bond acceptors (Lipinski definition) is 6. The minimum atomic E-state index is -3.60. The number of unbranched alkanes of at least 4 members (excludes halogenated alkanes) is 1. The third kappa shape index (κ3) is 16.4. The molecule has 0 aliphatic carbocycles. The van der Waals surface area contributed by atoms with Crippen LogP contribution in [-0.2, 0) is 28.0 Å². The predicted molar refractivity (Wildman–Crippen MR) is 84.5 cm³/mol. The van der Waals surface area contributed by atoms with Gasteiger partial charge in [0.25, 0.3) is 0 Å². The van der Waals surface area contributed by atoms with Crippen LogP contribution in [0.3, 0.4) is 0 Å². The molecule has 1 unspecified atom stereocenters. The highest BCUT2D eigenvalue weighted by Gasteiger charge is 2.18. The van der Waals surface area contributed by atoms with Crippen LogP contribution in [0.15, 0.2) is 0 Å². The Morgan fingerprint density at radius 2 is 1.32 bits per heavy atom. The van der Waals surface area contributed by atoms with Crippen molar-refractivity contribution in [2.45, 2.75) is 26.7 Å². The minimum Gasteiger partial charge on any atom is -0.379 e. The molecule has 0 aliphatic heterocycles. The lowest BCUT2D eigenvalue weighted by molar-refractivity contribution is 0.0375. The van der Waals surface area contributed by atoms with Crippen molar-refractivity contribution in [3.63, 3.8) is 0 Å². The van der Waals surface area contributed by atoms with E-state index in [1.807, 2.05) is 6.92 Å². The quantitative estimate of drug-likeness (QED) is 0.320. The molecule has 0 aromatic heterocycles. The summed E-state index contributed by atoms with van der Waals surface area (Å²) in [5.41, 5.74) is 0. The third-order valence-corrected chi connectivity index (χ3v) is 3.96. The average Bonchev–Trinajstić information content (AvgIpc) is 2.49. The molecule has 0 amide bonds. The minimum absolute atomic E-state index is 0.0269. The molecule has 0 aromatic rings. The van der Waals surface area contributed by atoms with Crippen molar-refractivity contribution >= 4 is 7.60 Å². The van der Waals surface area contributed by atoms with E-state index in [0.29, 0.717) is 33.0 Å². The second kappa shape index (κ2) is 15.9. The van der Waals surface area contributed by atoms with Crippen LogP contribution < -0.4 is 0 Å². The van der Waals surface area contributed by atoms with Crippen molar-refractivity contribution in [1.29, 1.82) is 0 Å². The van der Waals surface area contributed by atoms with Crippen LogP contribution in [0.4, 0.5) is 0 Å². The fourth-order valence-electron chi connectivity index (χ4n) is 1.42. The molecule has 22 heavy (non-hydrogen) atoms. The summed E-state index contributed by atoms with van der Waals surface area (Å²) in [7, 11) is -3.60.